The second-order valence-corrected chi connectivity index (χ2v) is 6.53. The Balaban J connectivity index is 2.10. The van der Waals surface area contributed by atoms with Gasteiger partial charge in [-0.05, 0) is 71.5 Å². The van der Waals surface area contributed by atoms with Crippen LogP contribution in [-0.2, 0) is 6.54 Å². The minimum absolute atomic E-state index is 0.0107. The molecule has 1 N–H and O–H groups in total. The van der Waals surface area contributed by atoms with Crippen molar-refractivity contribution < 1.29 is 4.79 Å². The molecule has 7 heteroatoms. The maximum atomic E-state index is 12.9. The van der Waals surface area contributed by atoms with Crippen LogP contribution in [0.15, 0.2) is 24.3 Å². The van der Waals surface area contributed by atoms with Gasteiger partial charge in [0.15, 0.2) is 11.6 Å². The van der Waals surface area contributed by atoms with Crippen LogP contribution in [0.4, 0.5) is 0 Å². The van der Waals surface area contributed by atoms with E-state index in [0.717, 1.165) is 20.5 Å². The number of ketones is 1. The zero-order valence-electron chi connectivity index (χ0n) is 13.1. The maximum Gasteiger partial charge on any atom is 0.198 e. The summed E-state index contributed by atoms with van der Waals surface area (Å²) in [6, 6.07) is 7.59. The topological polar surface area (TPSA) is 76.5 Å². The summed E-state index contributed by atoms with van der Waals surface area (Å²) in [6.07, 6.45) is 0. The van der Waals surface area contributed by atoms with Crippen molar-refractivity contribution in [2.75, 3.05) is 0 Å². The van der Waals surface area contributed by atoms with E-state index in [1.165, 1.54) is 0 Å². The Kier molecular flexibility index (Phi) is 4.29. The van der Waals surface area contributed by atoms with E-state index in [0.29, 0.717) is 23.5 Å². The molecule has 23 heavy (non-hydrogen) atoms. The number of nitrogens with zero attached hydrogens (tertiary/aromatic N) is 4. The van der Waals surface area contributed by atoms with Crippen LogP contribution in [0.5, 0.6) is 0 Å². The lowest BCUT2D eigenvalue weighted by Crippen LogP contribution is -2.04. The van der Waals surface area contributed by atoms with Gasteiger partial charge in [-0.15, -0.1) is 5.10 Å². The number of carbonyl (C=O) groups excluding carboxylic acids is 1. The lowest BCUT2D eigenvalue weighted by Gasteiger charge is -2.04. The number of tetrazole rings is 1. The average molecular weight is 421 g/mol. The third-order valence-electron chi connectivity index (χ3n) is 3.81. The third-order valence-corrected chi connectivity index (χ3v) is 4.48. The van der Waals surface area contributed by atoms with Crippen LogP contribution in [0.25, 0.3) is 11.5 Å². The molecule has 0 amide bonds. The molecule has 118 valence electrons. The molecular formula is C16H16IN5O. The smallest absolute Gasteiger partial charge is 0.198 e. The highest BCUT2D eigenvalue weighted by Gasteiger charge is 2.23. The molecule has 2 aromatic heterocycles. The molecule has 0 spiro atoms. The van der Waals surface area contributed by atoms with Gasteiger partial charge in [-0.3, -0.25) is 4.79 Å². The van der Waals surface area contributed by atoms with Gasteiger partial charge in [-0.25, -0.2) is 4.68 Å². The first-order chi connectivity index (χ1) is 11.0. The second-order valence-electron chi connectivity index (χ2n) is 5.28. The molecular weight excluding hydrogens is 405 g/mol. The monoisotopic (exact) mass is 421 g/mol. The summed E-state index contributed by atoms with van der Waals surface area (Å²) in [6.45, 7) is 6.47. The molecule has 0 bridgehead atoms. The van der Waals surface area contributed by atoms with Gasteiger partial charge >= 0.3 is 0 Å². The molecule has 0 aliphatic heterocycles. The number of carbonyl (C=O) groups is 1. The number of H-pyrrole nitrogens is 1. The van der Waals surface area contributed by atoms with Crippen molar-refractivity contribution >= 4 is 28.4 Å². The zero-order chi connectivity index (χ0) is 16.6. The number of aromatic nitrogens is 5. The van der Waals surface area contributed by atoms with E-state index < -0.39 is 0 Å². The minimum atomic E-state index is 0.0107. The first-order valence-corrected chi connectivity index (χ1v) is 8.36. The third kappa shape index (κ3) is 2.80. The highest BCUT2D eigenvalue weighted by atomic mass is 127. The lowest BCUT2D eigenvalue weighted by molar-refractivity contribution is 0.103. The van der Waals surface area contributed by atoms with Gasteiger partial charge in [-0.1, -0.05) is 12.1 Å². The van der Waals surface area contributed by atoms with Crippen LogP contribution in [0.3, 0.4) is 0 Å². The molecule has 3 aromatic rings. The number of benzene rings is 1. The Bertz CT molecular complexity index is 880. The van der Waals surface area contributed by atoms with E-state index >= 15 is 0 Å². The second kappa shape index (κ2) is 6.23. The van der Waals surface area contributed by atoms with Crippen molar-refractivity contribution in [2.45, 2.75) is 27.3 Å². The molecule has 0 radical (unpaired) electrons. The molecule has 0 fully saturated rings. The van der Waals surface area contributed by atoms with E-state index in [2.05, 4.69) is 43.1 Å². The molecule has 3 rings (SSSR count). The summed E-state index contributed by atoms with van der Waals surface area (Å²) in [5, 5.41) is 11.8. The summed E-state index contributed by atoms with van der Waals surface area (Å²) in [5.41, 5.74) is 3.86. The fourth-order valence-corrected chi connectivity index (χ4v) is 3.23. The van der Waals surface area contributed by atoms with Crippen LogP contribution in [0.1, 0.15) is 34.1 Å². The largest absolute Gasteiger partial charge is 0.355 e. The van der Waals surface area contributed by atoms with Crippen LogP contribution < -0.4 is 0 Å². The Morgan fingerprint density at radius 3 is 2.83 bits per heavy atom. The quantitative estimate of drug-likeness (QED) is 0.519. The molecule has 0 unspecified atom stereocenters. The number of aromatic amines is 1. The van der Waals surface area contributed by atoms with Gasteiger partial charge in [0.25, 0.3) is 0 Å². The number of hydrogen-bond donors (Lipinski definition) is 1. The molecule has 0 aliphatic carbocycles. The number of rotatable bonds is 4. The van der Waals surface area contributed by atoms with Crippen molar-refractivity contribution in [1.82, 2.24) is 25.2 Å². The lowest BCUT2D eigenvalue weighted by atomic mass is 9.99. The predicted octanol–water partition coefficient (Wildman–Crippen LogP) is 3.14. The van der Waals surface area contributed by atoms with Gasteiger partial charge in [0.1, 0.15) is 0 Å². The number of hydrogen-bond acceptors (Lipinski definition) is 4. The Morgan fingerprint density at radius 2 is 2.13 bits per heavy atom. The summed E-state index contributed by atoms with van der Waals surface area (Å²) in [5.74, 6) is 0.659. The van der Waals surface area contributed by atoms with E-state index in [1.807, 2.05) is 45.0 Å². The fourth-order valence-electron chi connectivity index (χ4n) is 2.68. The number of halogens is 1. The standard InChI is InChI=1S/C16H16IN5O/c1-4-22-16(19-20-21-22)14-9(2)13(10(3)18-14)15(23)11-6-5-7-12(17)8-11/h5-8,18H,4H2,1-3H3. The van der Waals surface area contributed by atoms with Gasteiger partial charge < -0.3 is 4.98 Å². The fraction of sp³-hybridized carbons (Fsp3) is 0.250. The first kappa shape index (κ1) is 15.9. The van der Waals surface area contributed by atoms with E-state index in [-0.39, 0.29) is 5.78 Å². The predicted molar refractivity (Wildman–Crippen MR) is 95.3 cm³/mol. The molecule has 0 saturated heterocycles. The number of nitrogens with one attached hydrogen (secondary N) is 1. The molecule has 0 aliphatic rings. The average Bonchev–Trinajstić information content (AvgIpc) is 3.10. The van der Waals surface area contributed by atoms with Crippen molar-refractivity contribution in [1.29, 1.82) is 0 Å². The van der Waals surface area contributed by atoms with Crippen LogP contribution in [0.2, 0.25) is 0 Å². The van der Waals surface area contributed by atoms with Crippen molar-refractivity contribution in [3.63, 3.8) is 0 Å². The molecule has 6 nitrogen and oxygen atoms in total. The SMILES string of the molecule is CCn1nnnc1-c1[nH]c(C)c(C(=O)c2cccc(I)c2)c1C. The van der Waals surface area contributed by atoms with E-state index in [4.69, 9.17) is 0 Å². The summed E-state index contributed by atoms with van der Waals surface area (Å²) in [7, 11) is 0. The van der Waals surface area contributed by atoms with Crippen LogP contribution >= 0.6 is 22.6 Å². The molecule has 1 aromatic carbocycles. The molecule has 2 heterocycles. The normalized spacial score (nSPS) is 11.0. The zero-order valence-corrected chi connectivity index (χ0v) is 15.2. The summed E-state index contributed by atoms with van der Waals surface area (Å²) < 4.78 is 2.74. The molecule has 0 atom stereocenters. The molecule has 0 saturated carbocycles. The van der Waals surface area contributed by atoms with Crippen molar-refractivity contribution in [2.24, 2.45) is 0 Å². The Labute approximate surface area is 147 Å². The van der Waals surface area contributed by atoms with E-state index in [9.17, 15) is 4.79 Å². The number of aryl methyl sites for hydroxylation is 2. The van der Waals surface area contributed by atoms with Crippen LogP contribution in [0, 0.1) is 17.4 Å². The first-order valence-electron chi connectivity index (χ1n) is 7.29. The summed E-state index contributed by atoms with van der Waals surface area (Å²) >= 11 is 2.21. The summed E-state index contributed by atoms with van der Waals surface area (Å²) in [4.78, 5) is 16.2. The van der Waals surface area contributed by atoms with Gasteiger partial charge in [0, 0.05) is 26.9 Å². The van der Waals surface area contributed by atoms with Crippen LogP contribution in [-0.4, -0.2) is 31.0 Å². The van der Waals surface area contributed by atoms with Gasteiger partial charge in [0.2, 0.25) is 0 Å². The highest BCUT2D eigenvalue weighted by Crippen LogP contribution is 2.27. The maximum absolute atomic E-state index is 12.9. The Hall–Kier alpha value is -2.03. The van der Waals surface area contributed by atoms with E-state index in [1.54, 1.807) is 4.68 Å². The van der Waals surface area contributed by atoms with Gasteiger partial charge in [-0.2, -0.15) is 0 Å². The minimum Gasteiger partial charge on any atom is -0.355 e. The van der Waals surface area contributed by atoms with Crippen molar-refractivity contribution in [3.8, 4) is 11.5 Å². The Morgan fingerprint density at radius 1 is 1.35 bits per heavy atom. The van der Waals surface area contributed by atoms with Crippen molar-refractivity contribution in [3.05, 3.63) is 50.2 Å². The van der Waals surface area contributed by atoms with Gasteiger partial charge in [0.05, 0.1) is 5.69 Å². The highest BCUT2D eigenvalue weighted by molar-refractivity contribution is 14.1.